The van der Waals surface area contributed by atoms with E-state index in [2.05, 4.69) is 4.98 Å². The zero-order chi connectivity index (χ0) is 22.0. The summed E-state index contributed by atoms with van der Waals surface area (Å²) in [6, 6.07) is 8.24. The van der Waals surface area contributed by atoms with Crippen molar-refractivity contribution in [3.63, 3.8) is 0 Å². The van der Waals surface area contributed by atoms with Gasteiger partial charge in [-0.15, -0.1) is 0 Å². The molecule has 0 aliphatic carbocycles. The summed E-state index contributed by atoms with van der Waals surface area (Å²) in [5, 5.41) is 11.3. The van der Waals surface area contributed by atoms with E-state index in [1.165, 1.54) is 12.0 Å². The molecule has 1 amide bonds. The maximum atomic E-state index is 13.0. The van der Waals surface area contributed by atoms with Gasteiger partial charge in [-0.1, -0.05) is 12.1 Å². The maximum absolute atomic E-state index is 13.0. The topological polar surface area (TPSA) is 83.0 Å². The number of aliphatic hydroxyl groups is 1. The second-order valence-corrected chi connectivity index (χ2v) is 7.71. The number of carbonyl (C=O) groups is 2. The van der Waals surface area contributed by atoms with Gasteiger partial charge in [-0.05, 0) is 57.3 Å². The number of likely N-dealkylation sites (tertiary alicyclic amines) is 1. The van der Waals surface area contributed by atoms with Crippen LogP contribution in [0, 0.1) is 13.8 Å². The molecule has 1 atom stereocenters. The third kappa shape index (κ3) is 3.93. The van der Waals surface area contributed by atoms with E-state index in [-0.39, 0.29) is 11.3 Å². The van der Waals surface area contributed by atoms with E-state index in [0.29, 0.717) is 30.1 Å². The molecular formula is C23H27N3O4. The van der Waals surface area contributed by atoms with Crippen LogP contribution in [0.2, 0.25) is 0 Å². The Kier molecular flexibility index (Phi) is 6.22. The quantitative estimate of drug-likeness (QED) is 0.449. The van der Waals surface area contributed by atoms with Gasteiger partial charge < -0.3 is 19.6 Å². The second-order valence-electron chi connectivity index (χ2n) is 7.71. The lowest BCUT2D eigenvalue weighted by molar-refractivity contribution is -0.140. The Morgan fingerprint density at radius 3 is 2.57 bits per heavy atom. The van der Waals surface area contributed by atoms with E-state index in [0.717, 1.165) is 11.1 Å². The lowest BCUT2D eigenvalue weighted by Crippen LogP contribution is -2.35. The standard InChI is InChI=1S/C23H27N3O4/c1-14-12-15(2)22(30-5)16(13-14)20(27)18-19(17-8-6-7-9-24-17)26(11-10-25(3)4)23(29)21(18)28/h6-9,12-13,19,27H,10-11H2,1-5H3/b20-18+. The summed E-state index contributed by atoms with van der Waals surface area (Å²) in [4.78, 5) is 33.7. The normalized spacial score (nSPS) is 18.3. The number of aromatic nitrogens is 1. The zero-order valence-corrected chi connectivity index (χ0v) is 18.0. The predicted molar refractivity (Wildman–Crippen MR) is 114 cm³/mol. The van der Waals surface area contributed by atoms with E-state index in [4.69, 9.17) is 4.74 Å². The molecule has 1 aromatic carbocycles. The number of aryl methyl sites for hydroxylation is 2. The molecule has 0 radical (unpaired) electrons. The average Bonchev–Trinajstić information content (AvgIpc) is 2.96. The molecule has 1 aliphatic heterocycles. The molecular weight excluding hydrogens is 382 g/mol. The van der Waals surface area contributed by atoms with E-state index < -0.39 is 17.7 Å². The van der Waals surface area contributed by atoms with E-state index in [9.17, 15) is 14.7 Å². The fraction of sp³-hybridized carbons (Fsp3) is 0.348. The Bertz CT molecular complexity index is 999. The molecule has 0 spiro atoms. The first-order valence-electron chi connectivity index (χ1n) is 9.76. The number of Topliss-reactive ketones (excluding diaryl/α,β-unsaturated/α-hetero) is 1. The molecule has 3 rings (SSSR count). The number of pyridine rings is 1. The maximum Gasteiger partial charge on any atom is 0.295 e. The number of aliphatic hydroxyl groups excluding tert-OH is 1. The minimum atomic E-state index is -0.767. The molecule has 1 fully saturated rings. The average molecular weight is 409 g/mol. The number of methoxy groups -OCH3 is 1. The number of amides is 1. The minimum absolute atomic E-state index is 0.0285. The molecule has 2 heterocycles. The van der Waals surface area contributed by atoms with Gasteiger partial charge in [0.25, 0.3) is 11.7 Å². The third-order valence-corrected chi connectivity index (χ3v) is 5.17. The number of rotatable bonds is 6. The number of hydrogen-bond donors (Lipinski definition) is 1. The number of likely N-dealkylation sites (N-methyl/N-ethyl adjacent to an activating group) is 1. The summed E-state index contributed by atoms with van der Waals surface area (Å²) in [6.07, 6.45) is 1.61. The van der Waals surface area contributed by atoms with Gasteiger partial charge in [-0.3, -0.25) is 14.6 Å². The summed E-state index contributed by atoms with van der Waals surface area (Å²) < 4.78 is 5.49. The van der Waals surface area contributed by atoms with Crippen molar-refractivity contribution in [1.29, 1.82) is 0 Å². The summed E-state index contributed by atoms with van der Waals surface area (Å²) in [6.45, 7) is 4.67. The third-order valence-electron chi connectivity index (χ3n) is 5.17. The fourth-order valence-electron chi connectivity index (χ4n) is 3.81. The summed E-state index contributed by atoms with van der Waals surface area (Å²) in [5.74, 6) is -1.14. The highest BCUT2D eigenvalue weighted by atomic mass is 16.5. The molecule has 1 aromatic heterocycles. The lowest BCUT2D eigenvalue weighted by atomic mass is 9.95. The Balaban J connectivity index is 2.23. The van der Waals surface area contributed by atoms with Crippen LogP contribution in [0.15, 0.2) is 42.1 Å². The highest BCUT2D eigenvalue weighted by molar-refractivity contribution is 6.46. The van der Waals surface area contributed by atoms with Crippen LogP contribution in [0.3, 0.4) is 0 Å². The Morgan fingerprint density at radius 1 is 1.23 bits per heavy atom. The number of hydrogen-bond acceptors (Lipinski definition) is 6. The summed E-state index contributed by atoms with van der Waals surface area (Å²) in [5.41, 5.74) is 2.68. The Hall–Kier alpha value is -3.19. The molecule has 158 valence electrons. The van der Waals surface area contributed by atoms with Crippen molar-refractivity contribution in [2.24, 2.45) is 0 Å². The fourth-order valence-corrected chi connectivity index (χ4v) is 3.81. The van der Waals surface area contributed by atoms with Gasteiger partial charge in [-0.25, -0.2) is 0 Å². The highest BCUT2D eigenvalue weighted by Crippen LogP contribution is 2.41. The Morgan fingerprint density at radius 2 is 1.97 bits per heavy atom. The van der Waals surface area contributed by atoms with Crippen molar-refractivity contribution >= 4 is 17.4 Å². The van der Waals surface area contributed by atoms with Crippen molar-refractivity contribution in [2.75, 3.05) is 34.3 Å². The van der Waals surface area contributed by atoms with Crippen LogP contribution in [0.25, 0.3) is 5.76 Å². The molecule has 1 unspecified atom stereocenters. The number of ketones is 1. The molecule has 1 saturated heterocycles. The van der Waals surface area contributed by atoms with Crippen molar-refractivity contribution in [2.45, 2.75) is 19.9 Å². The zero-order valence-electron chi connectivity index (χ0n) is 18.0. The van der Waals surface area contributed by atoms with Crippen molar-refractivity contribution in [3.05, 3.63) is 64.5 Å². The lowest BCUT2D eigenvalue weighted by Gasteiger charge is -2.26. The van der Waals surface area contributed by atoms with Gasteiger partial charge >= 0.3 is 0 Å². The first-order chi connectivity index (χ1) is 14.3. The summed E-state index contributed by atoms with van der Waals surface area (Å²) in [7, 11) is 5.31. The number of carbonyl (C=O) groups excluding carboxylic acids is 2. The van der Waals surface area contributed by atoms with Crippen LogP contribution in [0.1, 0.15) is 28.4 Å². The molecule has 7 nitrogen and oxygen atoms in total. The number of benzene rings is 1. The predicted octanol–water partition coefficient (Wildman–Crippen LogP) is 2.69. The van der Waals surface area contributed by atoms with Crippen molar-refractivity contribution in [3.8, 4) is 5.75 Å². The van der Waals surface area contributed by atoms with Crippen LogP contribution in [-0.4, -0.2) is 65.9 Å². The van der Waals surface area contributed by atoms with Crippen LogP contribution < -0.4 is 4.74 Å². The molecule has 2 aromatic rings. The van der Waals surface area contributed by atoms with Crippen LogP contribution in [-0.2, 0) is 9.59 Å². The van der Waals surface area contributed by atoms with Gasteiger partial charge in [0.1, 0.15) is 17.6 Å². The molecule has 0 saturated carbocycles. The van der Waals surface area contributed by atoms with E-state index in [1.54, 1.807) is 30.5 Å². The smallest absolute Gasteiger partial charge is 0.295 e. The Labute approximate surface area is 176 Å². The van der Waals surface area contributed by atoms with Crippen molar-refractivity contribution < 1.29 is 19.4 Å². The SMILES string of the molecule is COc1c(C)cc(C)cc1/C(O)=C1\C(=O)C(=O)N(CCN(C)C)C1c1ccccn1. The van der Waals surface area contributed by atoms with Gasteiger partial charge in [0.15, 0.2) is 0 Å². The first kappa shape index (κ1) is 21.5. The first-order valence-corrected chi connectivity index (χ1v) is 9.76. The van der Waals surface area contributed by atoms with Crippen LogP contribution in [0.5, 0.6) is 5.75 Å². The van der Waals surface area contributed by atoms with Crippen molar-refractivity contribution in [1.82, 2.24) is 14.8 Å². The molecule has 7 heteroatoms. The molecule has 1 aliphatic rings. The highest BCUT2D eigenvalue weighted by Gasteiger charge is 2.46. The number of nitrogens with zero attached hydrogens (tertiary/aromatic N) is 3. The van der Waals surface area contributed by atoms with Gasteiger partial charge in [0, 0.05) is 19.3 Å². The minimum Gasteiger partial charge on any atom is -0.507 e. The van der Waals surface area contributed by atoms with Crippen LogP contribution >= 0.6 is 0 Å². The van der Waals surface area contributed by atoms with Gasteiger partial charge in [0.05, 0.1) is 23.9 Å². The van der Waals surface area contributed by atoms with Gasteiger partial charge in [0.2, 0.25) is 0 Å². The number of ether oxygens (including phenoxy) is 1. The molecule has 30 heavy (non-hydrogen) atoms. The van der Waals surface area contributed by atoms with Crippen LogP contribution in [0.4, 0.5) is 0 Å². The monoisotopic (exact) mass is 409 g/mol. The largest absolute Gasteiger partial charge is 0.507 e. The molecule has 1 N–H and O–H groups in total. The second kappa shape index (κ2) is 8.67. The summed E-state index contributed by atoms with van der Waals surface area (Å²) >= 11 is 0. The van der Waals surface area contributed by atoms with Gasteiger partial charge in [-0.2, -0.15) is 0 Å². The molecule has 0 bridgehead atoms. The van der Waals surface area contributed by atoms with E-state index >= 15 is 0 Å². The van der Waals surface area contributed by atoms with E-state index in [1.807, 2.05) is 38.9 Å².